The highest BCUT2D eigenvalue weighted by Gasteiger charge is 2.18. The van der Waals surface area contributed by atoms with Gasteiger partial charge in [-0.1, -0.05) is 13.8 Å². The fourth-order valence-corrected chi connectivity index (χ4v) is 2.04. The molecule has 3 nitrogen and oxygen atoms in total. The zero-order valence-electron chi connectivity index (χ0n) is 9.32. The first-order valence-electron chi connectivity index (χ1n) is 5.17. The number of rotatable bonds is 3. The van der Waals surface area contributed by atoms with Crippen LogP contribution in [0, 0.1) is 0 Å². The van der Waals surface area contributed by atoms with Crippen molar-refractivity contribution in [2.24, 2.45) is 0 Å². The van der Waals surface area contributed by atoms with Crippen LogP contribution in [0.15, 0.2) is 0 Å². The molecule has 1 saturated heterocycles. The molecule has 1 heterocycles. The van der Waals surface area contributed by atoms with Crippen LogP contribution in [0.3, 0.4) is 0 Å². The van der Waals surface area contributed by atoms with Crippen molar-refractivity contribution in [1.29, 1.82) is 0 Å². The maximum Gasteiger partial charge on any atom is 0.232 e. The Morgan fingerprint density at radius 3 is 2.36 bits per heavy atom. The van der Waals surface area contributed by atoms with Gasteiger partial charge >= 0.3 is 0 Å². The SMILES string of the molecule is CC(C)SCC(=O)N1CCN(C)CC1. The molecule has 0 N–H and O–H groups in total. The number of nitrogens with zero attached hydrogens (tertiary/aromatic N) is 2. The van der Waals surface area contributed by atoms with Crippen LogP contribution in [-0.4, -0.2) is 59.9 Å². The Kier molecular flexibility index (Phi) is 4.75. The fourth-order valence-electron chi connectivity index (χ4n) is 1.39. The number of piperazine rings is 1. The lowest BCUT2D eigenvalue weighted by Crippen LogP contribution is -2.47. The summed E-state index contributed by atoms with van der Waals surface area (Å²) in [5.41, 5.74) is 0. The summed E-state index contributed by atoms with van der Waals surface area (Å²) in [6, 6.07) is 0. The van der Waals surface area contributed by atoms with Gasteiger partial charge in [0.25, 0.3) is 0 Å². The van der Waals surface area contributed by atoms with Gasteiger partial charge in [0.1, 0.15) is 0 Å². The van der Waals surface area contributed by atoms with E-state index in [2.05, 4.69) is 25.8 Å². The third kappa shape index (κ3) is 3.88. The Bertz CT molecular complexity index is 189. The highest BCUT2D eigenvalue weighted by molar-refractivity contribution is 8.00. The average molecular weight is 216 g/mol. The van der Waals surface area contributed by atoms with Crippen LogP contribution in [0.4, 0.5) is 0 Å². The Morgan fingerprint density at radius 2 is 1.86 bits per heavy atom. The van der Waals surface area contributed by atoms with Crippen molar-refractivity contribution < 1.29 is 4.79 Å². The lowest BCUT2D eigenvalue weighted by Gasteiger charge is -2.32. The molecule has 1 amide bonds. The molecule has 1 aliphatic heterocycles. The van der Waals surface area contributed by atoms with Gasteiger partial charge < -0.3 is 9.80 Å². The molecule has 0 unspecified atom stereocenters. The van der Waals surface area contributed by atoms with Crippen LogP contribution in [0.2, 0.25) is 0 Å². The summed E-state index contributed by atoms with van der Waals surface area (Å²) < 4.78 is 0. The number of hydrogen-bond donors (Lipinski definition) is 0. The average Bonchev–Trinajstić information content (AvgIpc) is 2.15. The van der Waals surface area contributed by atoms with Gasteiger partial charge in [-0.05, 0) is 12.3 Å². The summed E-state index contributed by atoms with van der Waals surface area (Å²) in [5.74, 6) is 0.943. The van der Waals surface area contributed by atoms with Gasteiger partial charge in [0.2, 0.25) is 5.91 Å². The Balaban J connectivity index is 2.24. The molecule has 0 aliphatic carbocycles. The number of thioether (sulfide) groups is 1. The van der Waals surface area contributed by atoms with E-state index in [1.54, 1.807) is 11.8 Å². The van der Waals surface area contributed by atoms with Gasteiger partial charge in [0.15, 0.2) is 0 Å². The van der Waals surface area contributed by atoms with E-state index in [4.69, 9.17) is 0 Å². The van der Waals surface area contributed by atoms with Gasteiger partial charge in [-0.25, -0.2) is 0 Å². The van der Waals surface area contributed by atoms with E-state index in [0.29, 0.717) is 16.9 Å². The van der Waals surface area contributed by atoms with Gasteiger partial charge in [-0.3, -0.25) is 4.79 Å². The highest BCUT2D eigenvalue weighted by Crippen LogP contribution is 2.10. The van der Waals surface area contributed by atoms with Crippen molar-refractivity contribution in [3.63, 3.8) is 0 Å². The van der Waals surface area contributed by atoms with Crippen molar-refractivity contribution in [1.82, 2.24) is 9.80 Å². The third-order valence-electron chi connectivity index (χ3n) is 2.40. The van der Waals surface area contributed by atoms with Crippen molar-refractivity contribution >= 4 is 17.7 Å². The van der Waals surface area contributed by atoms with E-state index < -0.39 is 0 Å². The van der Waals surface area contributed by atoms with Crippen molar-refractivity contribution in [2.75, 3.05) is 39.0 Å². The normalized spacial score (nSPS) is 19.0. The summed E-state index contributed by atoms with van der Waals surface area (Å²) in [7, 11) is 2.10. The summed E-state index contributed by atoms with van der Waals surface area (Å²) >= 11 is 1.73. The maximum absolute atomic E-state index is 11.7. The summed E-state index contributed by atoms with van der Waals surface area (Å²) in [4.78, 5) is 15.9. The summed E-state index contributed by atoms with van der Waals surface area (Å²) in [6.07, 6.45) is 0. The standard InChI is InChI=1S/C10H20N2OS/c1-9(2)14-8-10(13)12-6-4-11(3)5-7-12/h9H,4-8H2,1-3H3. The minimum absolute atomic E-state index is 0.303. The zero-order chi connectivity index (χ0) is 10.6. The lowest BCUT2D eigenvalue weighted by atomic mass is 10.3. The molecule has 82 valence electrons. The molecule has 1 aliphatic rings. The van der Waals surface area contributed by atoms with Crippen molar-refractivity contribution in [3.05, 3.63) is 0 Å². The number of likely N-dealkylation sites (N-methyl/N-ethyl adjacent to an activating group) is 1. The Hall–Kier alpha value is -0.220. The third-order valence-corrected chi connectivity index (χ3v) is 3.48. The van der Waals surface area contributed by atoms with Crippen molar-refractivity contribution in [2.45, 2.75) is 19.1 Å². The smallest absolute Gasteiger partial charge is 0.232 e. The van der Waals surface area contributed by atoms with E-state index in [0.717, 1.165) is 26.2 Å². The monoisotopic (exact) mass is 216 g/mol. The topological polar surface area (TPSA) is 23.6 Å². The quantitative estimate of drug-likeness (QED) is 0.700. The molecule has 0 spiro atoms. The van der Waals surface area contributed by atoms with Crippen LogP contribution in [0.25, 0.3) is 0 Å². The largest absolute Gasteiger partial charge is 0.339 e. The molecular weight excluding hydrogens is 196 g/mol. The number of carbonyl (C=O) groups is 1. The molecule has 14 heavy (non-hydrogen) atoms. The zero-order valence-corrected chi connectivity index (χ0v) is 10.1. The molecule has 1 rings (SSSR count). The fraction of sp³-hybridized carbons (Fsp3) is 0.900. The van der Waals surface area contributed by atoms with E-state index in [1.165, 1.54) is 0 Å². The van der Waals surface area contributed by atoms with Crippen LogP contribution in [0.5, 0.6) is 0 Å². The second-order valence-electron chi connectivity index (χ2n) is 4.04. The first-order valence-corrected chi connectivity index (χ1v) is 6.22. The number of hydrogen-bond acceptors (Lipinski definition) is 3. The number of amides is 1. The molecule has 0 aromatic carbocycles. The highest BCUT2D eigenvalue weighted by atomic mass is 32.2. The Labute approximate surface area is 90.8 Å². The molecule has 0 aromatic rings. The minimum atomic E-state index is 0.303. The van der Waals surface area contributed by atoms with Gasteiger partial charge in [-0.15, -0.1) is 11.8 Å². The first kappa shape index (κ1) is 11.9. The first-order chi connectivity index (χ1) is 6.59. The maximum atomic E-state index is 11.7. The molecule has 0 atom stereocenters. The molecular formula is C10H20N2OS. The number of carbonyl (C=O) groups excluding carboxylic acids is 1. The molecule has 0 saturated carbocycles. The van der Waals surface area contributed by atoms with E-state index in [1.807, 2.05) is 4.90 Å². The second-order valence-corrected chi connectivity index (χ2v) is 5.61. The van der Waals surface area contributed by atoms with Crippen LogP contribution in [0.1, 0.15) is 13.8 Å². The molecule has 0 aromatic heterocycles. The van der Waals surface area contributed by atoms with E-state index in [-0.39, 0.29) is 0 Å². The lowest BCUT2D eigenvalue weighted by molar-refractivity contribution is -0.129. The molecule has 4 heteroatoms. The van der Waals surface area contributed by atoms with E-state index >= 15 is 0 Å². The Morgan fingerprint density at radius 1 is 1.29 bits per heavy atom. The van der Waals surface area contributed by atoms with E-state index in [9.17, 15) is 4.79 Å². The van der Waals surface area contributed by atoms with Gasteiger partial charge in [0.05, 0.1) is 5.75 Å². The minimum Gasteiger partial charge on any atom is -0.339 e. The molecule has 0 bridgehead atoms. The molecule has 0 radical (unpaired) electrons. The van der Waals surface area contributed by atoms with Crippen LogP contribution in [-0.2, 0) is 4.79 Å². The molecule has 1 fully saturated rings. The summed E-state index contributed by atoms with van der Waals surface area (Å²) in [6.45, 7) is 8.07. The van der Waals surface area contributed by atoms with Gasteiger partial charge in [-0.2, -0.15) is 0 Å². The predicted octanol–water partition coefficient (Wildman–Crippen LogP) is 0.902. The van der Waals surface area contributed by atoms with Gasteiger partial charge in [0, 0.05) is 26.2 Å². The van der Waals surface area contributed by atoms with Crippen LogP contribution >= 0.6 is 11.8 Å². The summed E-state index contributed by atoms with van der Waals surface area (Å²) in [5, 5.41) is 0.548. The van der Waals surface area contributed by atoms with Crippen LogP contribution < -0.4 is 0 Å². The predicted molar refractivity (Wildman–Crippen MR) is 61.7 cm³/mol. The van der Waals surface area contributed by atoms with Crippen molar-refractivity contribution in [3.8, 4) is 0 Å². The second kappa shape index (κ2) is 5.61.